The van der Waals surface area contributed by atoms with Crippen molar-refractivity contribution in [3.05, 3.63) is 121 Å². The van der Waals surface area contributed by atoms with Crippen LogP contribution in [0.1, 0.15) is 83.5 Å². The van der Waals surface area contributed by atoms with Crippen LogP contribution in [0.3, 0.4) is 0 Å². The molecule has 0 unspecified atom stereocenters. The molecule has 0 aliphatic carbocycles. The lowest BCUT2D eigenvalue weighted by molar-refractivity contribution is -0.121. The average molecular weight is 780 g/mol. The Morgan fingerprint density at radius 3 is 2.42 bits per heavy atom. The molecule has 0 radical (unpaired) electrons. The SMILES string of the molecule is Cc1sc2c(c1C)C(c1ccc(Cl)cc1)=N[C@@H](CC(=O)NC[C@@H](C)NCc1ccc(-n3c(-c4cc(C(C)C)c(O)cc4O)n[nH]c3=O)cc1)c1nnc(C)n1-2. The Kier molecular flexibility index (Phi) is 10.5. The maximum atomic E-state index is 13.5. The van der Waals surface area contributed by atoms with Crippen LogP contribution in [-0.2, 0) is 11.3 Å². The summed E-state index contributed by atoms with van der Waals surface area (Å²) in [7, 11) is 0. The molecule has 4 heterocycles. The number of hydrogen-bond acceptors (Lipinski definition) is 10. The highest BCUT2D eigenvalue weighted by molar-refractivity contribution is 7.15. The van der Waals surface area contributed by atoms with Crippen LogP contribution >= 0.6 is 22.9 Å². The molecule has 0 saturated carbocycles. The summed E-state index contributed by atoms with van der Waals surface area (Å²) < 4.78 is 3.41. The highest BCUT2D eigenvalue weighted by atomic mass is 35.5. The molecular formula is C40H42ClN9O4S. The number of fused-ring (bicyclic) bond motifs is 3. The van der Waals surface area contributed by atoms with E-state index in [1.165, 1.54) is 15.5 Å². The number of rotatable bonds is 11. The molecule has 0 saturated heterocycles. The molecule has 2 atom stereocenters. The molecule has 284 valence electrons. The topological polar surface area (TPSA) is 175 Å². The number of halogens is 1. The van der Waals surface area contributed by atoms with E-state index in [1.807, 2.05) is 68.7 Å². The van der Waals surface area contributed by atoms with Gasteiger partial charge < -0.3 is 20.8 Å². The van der Waals surface area contributed by atoms with E-state index in [4.69, 9.17) is 16.6 Å². The van der Waals surface area contributed by atoms with Crippen LogP contribution in [0.15, 0.2) is 70.5 Å². The Morgan fingerprint density at radius 2 is 1.71 bits per heavy atom. The van der Waals surface area contributed by atoms with E-state index in [1.54, 1.807) is 29.5 Å². The van der Waals surface area contributed by atoms with Crippen LogP contribution in [0.5, 0.6) is 11.5 Å². The second-order valence-corrected chi connectivity index (χ2v) is 15.8. The third-order valence-corrected chi connectivity index (χ3v) is 11.3. The molecule has 0 spiro atoms. The number of aromatic nitrogens is 6. The van der Waals surface area contributed by atoms with E-state index in [2.05, 4.69) is 44.9 Å². The summed E-state index contributed by atoms with van der Waals surface area (Å²) in [5, 5.41) is 44.6. The molecule has 13 nitrogen and oxygen atoms in total. The van der Waals surface area contributed by atoms with E-state index in [0.717, 1.165) is 38.8 Å². The summed E-state index contributed by atoms with van der Waals surface area (Å²) in [6.07, 6.45) is 0.0897. The first-order chi connectivity index (χ1) is 26.3. The fourth-order valence-electron chi connectivity index (χ4n) is 6.73. The molecule has 7 rings (SSSR count). The molecule has 1 aliphatic heterocycles. The minimum absolute atomic E-state index is 0.0122. The highest BCUT2D eigenvalue weighted by Gasteiger charge is 2.32. The lowest BCUT2D eigenvalue weighted by Gasteiger charge is -2.17. The number of benzene rings is 3. The van der Waals surface area contributed by atoms with Gasteiger partial charge >= 0.3 is 5.69 Å². The molecular weight excluding hydrogens is 738 g/mol. The van der Waals surface area contributed by atoms with Crippen LogP contribution in [0.2, 0.25) is 5.02 Å². The molecule has 5 N–H and O–H groups in total. The lowest BCUT2D eigenvalue weighted by atomic mass is 9.98. The van der Waals surface area contributed by atoms with E-state index in [0.29, 0.717) is 40.8 Å². The number of aromatic hydroxyl groups is 2. The first-order valence-electron chi connectivity index (χ1n) is 18.0. The van der Waals surface area contributed by atoms with Crippen molar-refractivity contribution in [1.82, 2.24) is 40.2 Å². The van der Waals surface area contributed by atoms with Gasteiger partial charge in [-0.1, -0.05) is 49.7 Å². The number of phenols is 2. The zero-order valence-electron chi connectivity index (χ0n) is 31.3. The molecule has 1 amide bonds. The predicted octanol–water partition coefficient (Wildman–Crippen LogP) is 6.56. The summed E-state index contributed by atoms with van der Waals surface area (Å²) in [6.45, 7) is 12.9. The van der Waals surface area contributed by atoms with Crippen molar-refractivity contribution >= 4 is 34.6 Å². The van der Waals surface area contributed by atoms with Crippen molar-refractivity contribution in [3.8, 4) is 33.6 Å². The second kappa shape index (κ2) is 15.3. The first kappa shape index (κ1) is 37.7. The number of nitrogens with zero attached hydrogens (tertiary/aromatic N) is 6. The number of aryl methyl sites for hydroxylation is 2. The number of amides is 1. The molecule has 15 heteroatoms. The van der Waals surface area contributed by atoms with Gasteiger partial charge in [0.1, 0.15) is 28.4 Å². The fraction of sp³-hybridized carbons (Fsp3) is 0.300. The van der Waals surface area contributed by atoms with Gasteiger partial charge in [-0.15, -0.1) is 21.5 Å². The van der Waals surface area contributed by atoms with Gasteiger partial charge in [-0.25, -0.2) is 14.5 Å². The Labute approximate surface area is 326 Å². The van der Waals surface area contributed by atoms with Crippen molar-refractivity contribution in [2.75, 3.05) is 6.54 Å². The Hall–Kier alpha value is -5.57. The van der Waals surface area contributed by atoms with Crippen molar-refractivity contribution in [3.63, 3.8) is 0 Å². The van der Waals surface area contributed by atoms with Gasteiger partial charge in [0.25, 0.3) is 0 Å². The van der Waals surface area contributed by atoms with Crippen LogP contribution in [0.25, 0.3) is 22.1 Å². The zero-order chi connectivity index (χ0) is 39.1. The van der Waals surface area contributed by atoms with Crippen LogP contribution in [0, 0.1) is 20.8 Å². The number of phenolic OH excluding ortho intramolecular Hbond substituents is 2. The maximum absolute atomic E-state index is 13.5. The number of aromatic amines is 1. The second-order valence-electron chi connectivity index (χ2n) is 14.1. The number of carbonyl (C=O) groups is 1. The van der Waals surface area contributed by atoms with Crippen molar-refractivity contribution < 1.29 is 15.0 Å². The molecule has 3 aromatic heterocycles. The van der Waals surface area contributed by atoms with Gasteiger partial charge in [0.15, 0.2) is 11.6 Å². The number of hydrogen-bond donors (Lipinski definition) is 5. The van der Waals surface area contributed by atoms with Gasteiger partial charge in [-0.05, 0) is 80.6 Å². The smallest absolute Gasteiger partial charge is 0.348 e. The summed E-state index contributed by atoms with van der Waals surface area (Å²) in [5.74, 6) is 1.21. The highest BCUT2D eigenvalue weighted by Crippen LogP contribution is 2.40. The van der Waals surface area contributed by atoms with Crippen molar-refractivity contribution in [2.45, 2.75) is 72.5 Å². The Bertz CT molecular complexity index is 2480. The minimum Gasteiger partial charge on any atom is -0.508 e. The number of nitrogens with one attached hydrogen (secondary N) is 3. The third kappa shape index (κ3) is 7.44. The molecule has 55 heavy (non-hydrogen) atoms. The predicted molar refractivity (Wildman–Crippen MR) is 214 cm³/mol. The summed E-state index contributed by atoms with van der Waals surface area (Å²) in [6, 6.07) is 17.3. The standard InChI is InChI=1S/C40H42ClN9O4S/c1-20(2)29-15-30(33(52)17-32(29)51)37-46-48-40(54)50(37)28-13-7-25(8-14-28)19-42-21(3)18-43-34(53)16-31-38-47-45-24(6)49(38)39-35(22(4)23(5)55-39)36(44-31)26-9-11-27(41)12-10-26/h7-15,17,20-21,31,42,51-52H,16,18-19H2,1-6H3,(H,43,53)(H,48,54)/t21-,31+/m1/s1. The summed E-state index contributed by atoms with van der Waals surface area (Å²) in [5.41, 5.74) is 5.86. The molecule has 0 bridgehead atoms. The zero-order valence-corrected chi connectivity index (χ0v) is 32.9. The van der Waals surface area contributed by atoms with Crippen LogP contribution in [-0.4, -0.2) is 63.9 Å². The minimum atomic E-state index is -0.563. The first-order valence-corrected chi connectivity index (χ1v) is 19.2. The summed E-state index contributed by atoms with van der Waals surface area (Å²) >= 11 is 7.90. The number of thiophene rings is 1. The van der Waals surface area contributed by atoms with Crippen LogP contribution < -0.4 is 16.3 Å². The van der Waals surface area contributed by atoms with Crippen LogP contribution in [0.4, 0.5) is 0 Å². The van der Waals surface area contributed by atoms with Gasteiger partial charge in [-0.3, -0.25) is 14.4 Å². The summed E-state index contributed by atoms with van der Waals surface area (Å²) in [4.78, 5) is 32.7. The van der Waals surface area contributed by atoms with E-state index >= 15 is 0 Å². The molecule has 3 aromatic carbocycles. The molecule has 0 fully saturated rings. The van der Waals surface area contributed by atoms with E-state index in [9.17, 15) is 19.8 Å². The van der Waals surface area contributed by atoms with Crippen molar-refractivity contribution in [1.29, 1.82) is 0 Å². The van der Waals surface area contributed by atoms with Gasteiger partial charge in [0, 0.05) is 46.2 Å². The third-order valence-electron chi connectivity index (χ3n) is 9.87. The molecule has 6 aromatic rings. The largest absolute Gasteiger partial charge is 0.508 e. The Balaban J connectivity index is 1.02. The van der Waals surface area contributed by atoms with E-state index in [-0.39, 0.29) is 41.6 Å². The quantitative estimate of drug-likeness (QED) is 0.0983. The molecule has 1 aliphatic rings. The normalized spacial score (nSPS) is 14.3. The number of aliphatic imine (C=N–C) groups is 1. The van der Waals surface area contributed by atoms with E-state index < -0.39 is 11.7 Å². The Morgan fingerprint density at radius 1 is 0.982 bits per heavy atom. The lowest BCUT2D eigenvalue weighted by Crippen LogP contribution is -2.39. The average Bonchev–Trinajstić information content (AvgIpc) is 3.79. The van der Waals surface area contributed by atoms with Gasteiger partial charge in [-0.2, -0.15) is 5.10 Å². The fourth-order valence-corrected chi connectivity index (χ4v) is 8.07. The monoisotopic (exact) mass is 779 g/mol. The maximum Gasteiger partial charge on any atom is 0.348 e. The van der Waals surface area contributed by atoms with Gasteiger partial charge in [0.05, 0.1) is 23.4 Å². The van der Waals surface area contributed by atoms with Gasteiger partial charge in [0.2, 0.25) is 5.91 Å². The number of carbonyl (C=O) groups excluding carboxylic acids is 1. The van der Waals surface area contributed by atoms with Crippen molar-refractivity contribution in [2.24, 2.45) is 4.99 Å². The number of H-pyrrole nitrogens is 1.